The highest BCUT2D eigenvalue weighted by molar-refractivity contribution is 6.10. The number of aromatic carboxylic acids is 1. The predicted molar refractivity (Wildman–Crippen MR) is 93.9 cm³/mol. The Kier molecular flexibility index (Phi) is 4.79. The number of nitrogens with zero attached hydrogens (tertiary/aromatic N) is 1. The van der Waals surface area contributed by atoms with Crippen molar-refractivity contribution in [3.05, 3.63) is 59.7 Å². The normalized spacial score (nSPS) is 14.2. The highest BCUT2D eigenvalue weighted by Gasteiger charge is 2.16. The molecule has 5 nitrogen and oxygen atoms in total. The van der Waals surface area contributed by atoms with Gasteiger partial charge in [0.25, 0.3) is 5.91 Å². The van der Waals surface area contributed by atoms with Gasteiger partial charge in [0.1, 0.15) is 0 Å². The van der Waals surface area contributed by atoms with Gasteiger partial charge in [-0.1, -0.05) is 12.1 Å². The van der Waals surface area contributed by atoms with Crippen LogP contribution in [0.25, 0.3) is 0 Å². The van der Waals surface area contributed by atoms with Gasteiger partial charge in [-0.2, -0.15) is 0 Å². The Morgan fingerprint density at radius 3 is 2.12 bits per heavy atom. The number of carboxylic acids is 1. The number of anilines is 2. The highest BCUT2D eigenvalue weighted by Crippen LogP contribution is 2.22. The van der Waals surface area contributed by atoms with E-state index >= 15 is 0 Å². The minimum atomic E-state index is -1.11. The maximum absolute atomic E-state index is 12.3. The van der Waals surface area contributed by atoms with E-state index in [0.717, 1.165) is 18.8 Å². The molecule has 2 N–H and O–H groups in total. The van der Waals surface area contributed by atoms with Crippen molar-refractivity contribution in [3.63, 3.8) is 0 Å². The molecule has 1 aliphatic heterocycles. The minimum Gasteiger partial charge on any atom is -0.478 e. The molecule has 5 heteroatoms. The fraction of sp³-hybridized carbons (Fsp3) is 0.263. The van der Waals surface area contributed by atoms with E-state index in [9.17, 15) is 14.7 Å². The van der Waals surface area contributed by atoms with E-state index in [1.54, 1.807) is 12.1 Å². The number of benzene rings is 2. The molecule has 24 heavy (non-hydrogen) atoms. The fourth-order valence-electron chi connectivity index (χ4n) is 2.97. The van der Waals surface area contributed by atoms with Gasteiger partial charge in [0, 0.05) is 24.5 Å². The molecule has 1 fully saturated rings. The maximum atomic E-state index is 12.3. The molecule has 1 saturated heterocycles. The van der Waals surface area contributed by atoms with Gasteiger partial charge < -0.3 is 15.3 Å². The molecule has 124 valence electrons. The molecular weight excluding hydrogens is 304 g/mol. The lowest BCUT2D eigenvalue weighted by molar-refractivity contribution is 0.0692. The summed E-state index contributed by atoms with van der Waals surface area (Å²) in [5.74, 6) is -1.53. The van der Waals surface area contributed by atoms with Crippen LogP contribution in [0.2, 0.25) is 0 Å². The standard InChI is InChI=1S/C19H20N2O3/c22-18(16-6-2-3-7-17(16)19(23)24)20-14-8-10-15(11-9-14)21-12-4-1-5-13-21/h2-3,6-11H,1,4-5,12-13H2,(H,20,22)(H,23,24). The lowest BCUT2D eigenvalue weighted by Gasteiger charge is -2.28. The molecular formula is C19H20N2O3. The third-order valence-electron chi connectivity index (χ3n) is 4.25. The Morgan fingerprint density at radius 2 is 1.50 bits per heavy atom. The van der Waals surface area contributed by atoms with Crippen molar-refractivity contribution in [1.29, 1.82) is 0 Å². The number of hydrogen-bond donors (Lipinski definition) is 2. The second kappa shape index (κ2) is 7.17. The van der Waals surface area contributed by atoms with Gasteiger partial charge in [-0.05, 0) is 55.7 Å². The third kappa shape index (κ3) is 3.56. The van der Waals surface area contributed by atoms with Crippen molar-refractivity contribution in [1.82, 2.24) is 0 Å². The molecule has 0 spiro atoms. The predicted octanol–water partition coefficient (Wildman–Crippen LogP) is 3.63. The summed E-state index contributed by atoms with van der Waals surface area (Å²) in [5, 5.41) is 11.9. The quantitative estimate of drug-likeness (QED) is 0.901. The van der Waals surface area contributed by atoms with Gasteiger partial charge in [0.15, 0.2) is 0 Å². The van der Waals surface area contributed by atoms with Gasteiger partial charge in [0.05, 0.1) is 11.1 Å². The first-order chi connectivity index (χ1) is 11.6. The van der Waals surface area contributed by atoms with Crippen LogP contribution in [0.5, 0.6) is 0 Å². The summed E-state index contributed by atoms with van der Waals surface area (Å²) in [7, 11) is 0. The zero-order valence-electron chi connectivity index (χ0n) is 13.4. The molecule has 2 aromatic carbocycles. The number of hydrogen-bond acceptors (Lipinski definition) is 3. The smallest absolute Gasteiger partial charge is 0.336 e. The number of carbonyl (C=O) groups is 2. The molecule has 1 amide bonds. The van der Waals surface area contributed by atoms with Crippen LogP contribution in [0.1, 0.15) is 40.0 Å². The van der Waals surface area contributed by atoms with Crippen LogP contribution in [0.15, 0.2) is 48.5 Å². The lowest BCUT2D eigenvalue weighted by atomic mass is 10.1. The Hall–Kier alpha value is -2.82. The Bertz CT molecular complexity index is 735. The molecule has 0 bridgehead atoms. The summed E-state index contributed by atoms with van der Waals surface area (Å²) in [5.41, 5.74) is 1.96. The average molecular weight is 324 g/mol. The minimum absolute atomic E-state index is 0.0000584. The first kappa shape index (κ1) is 16.1. The van der Waals surface area contributed by atoms with Crippen LogP contribution in [-0.4, -0.2) is 30.1 Å². The Labute approximate surface area is 140 Å². The second-order valence-electron chi connectivity index (χ2n) is 5.90. The summed E-state index contributed by atoms with van der Waals surface area (Å²) < 4.78 is 0. The SMILES string of the molecule is O=C(O)c1ccccc1C(=O)Nc1ccc(N2CCCCC2)cc1. The summed E-state index contributed by atoms with van der Waals surface area (Å²) in [6.45, 7) is 2.13. The van der Waals surface area contributed by atoms with Crippen molar-refractivity contribution in [2.24, 2.45) is 0 Å². The molecule has 0 radical (unpaired) electrons. The van der Waals surface area contributed by atoms with Gasteiger partial charge in [-0.25, -0.2) is 4.79 Å². The topological polar surface area (TPSA) is 69.6 Å². The molecule has 2 aromatic rings. The van der Waals surface area contributed by atoms with Crippen molar-refractivity contribution in [3.8, 4) is 0 Å². The molecule has 3 rings (SSSR count). The summed E-state index contributed by atoms with van der Waals surface area (Å²) in [6, 6.07) is 13.9. The van der Waals surface area contributed by atoms with Gasteiger partial charge in [-0.15, -0.1) is 0 Å². The number of nitrogens with one attached hydrogen (secondary N) is 1. The molecule has 0 atom stereocenters. The number of rotatable bonds is 4. The van der Waals surface area contributed by atoms with Crippen LogP contribution in [0, 0.1) is 0 Å². The number of carboxylic acid groups (broad SMARTS) is 1. The number of piperidine rings is 1. The summed E-state index contributed by atoms with van der Waals surface area (Å²) >= 11 is 0. The first-order valence-corrected chi connectivity index (χ1v) is 8.14. The molecule has 1 aliphatic rings. The molecule has 0 saturated carbocycles. The van der Waals surface area contributed by atoms with Gasteiger partial charge in [-0.3, -0.25) is 4.79 Å². The first-order valence-electron chi connectivity index (χ1n) is 8.14. The fourth-order valence-corrected chi connectivity index (χ4v) is 2.97. The zero-order chi connectivity index (χ0) is 16.9. The third-order valence-corrected chi connectivity index (χ3v) is 4.25. The zero-order valence-corrected chi connectivity index (χ0v) is 13.4. The number of carbonyl (C=O) groups excluding carboxylic acids is 1. The van der Waals surface area contributed by atoms with E-state index in [0.29, 0.717) is 5.69 Å². The van der Waals surface area contributed by atoms with Gasteiger partial charge >= 0.3 is 5.97 Å². The van der Waals surface area contributed by atoms with Crippen LogP contribution >= 0.6 is 0 Å². The Morgan fingerprint density at radius 1 is 0.875 bits per heavy atom. The van der Waals surface area contributed by atoms with E-state index in [1.807, 2.05) is 24.3 Å². The Balaban J connectivity index is 1.72. The molecule has 0 unspecified atom stereocenters. The summed E-state index contributed by atoms with van der Waals surface area (Å²) in [4.78, 5) is 25.9. The van der Waals surface area contributed by atoms with Crippen LogP contribution < -0.4 is 10.2 Å². The van der Waals surface area contributed by atoms with Gasteiger partial charge in [0.2, 0.25) is 0 Å². The van der Waals surface area contributed by atoms with Crippen molar-refractivity contribution in [2.45, 2.75) is 19.3 Å². The number of amides is 1. The average Bonchev–Trinajstić information content (AvgIpc) is 2.63. The van der Waals surface area contributed by atoms with Crippen molar-refractivity contribution < 1.29 is 14.7 Å². The highest BCUT2D eigenvalue weighted by atomic mass is 16.4. The maximum Gasteiger partial charge on any atom is 0.336 e. The summed E-state index contributed by atoms with van der Waals surface area (Å²) in [6.07, 6.45) is 3.71. The van der Waals surface area contributed by atoms with Crippen LogP contribution in [0.3, 0.4) is 0 Å². The van der Waals surface area contributed by atoms with E-state index in [1.165, 1.54) is 31.4 Å². The largest absolute Gasteiger partial charge is 0.478 e. The molecule has 0 aromatic heterocycles. The molecule has 0 aliphatic carbocycles. The van der Waals surface area contributed by atoms with Crippen LogP contribution in [-0.2, 0) is 0 Å². The van der Waals surface area contributed by atoms with E-state index in [2.05, 4.69) is 10.2 Å². The van der Waals surface area contributed by atoms with E-state index in [-0.39, 0.29) is 11.1 Å². The van der Waals surface area contributed by atoms with Crippen molar-refractivity contribution >= 4 is 23.3 Å². The van der Waals surface area contributed by atoms with E-state index in [4.69, 9.17) is 0 Å². The van der Waals surface area contributed by atoms with E-state index < -0.39 is 11.9 Å². The lowest BCUT2D eigenvalue weighted by Crippen LogP contribution is -2.29. The monoisotopic (exact) mass is 324 g/mol. The molecule has 1 heterocycles. The second-order valence-corrected chi connectivity index (χ2v) is 5.90. The van der Waals surface area contributed by atoms with Crippen molar-refractivity contribution in [2.75, 3.05) is 23.3 Å². The van der Waals surface area contributed by atoms with Crippen LogP contribution in [0.4, 0.5) is 11.4 Å².